The molecule has 0 radical (unpaired) electrons. The molecule has 78 valence electrons. The third-order valence-electron chi connectivity index (χ3n) is 1.78. The number of rotatable bonds is 1. The highest BCUT2D eigenvalue weighted by atomic mass is 32.2. The standard InChI is InChI=1S/C9H15N3OS/c1-9(2,3)7-5-11-6-8(12-7)14(4,10)13/h5-6,10H,1-4H3. The molecule has 1 rings (SSSR count). The first kappa shape index (κ1) is 11.1. The van der Waals surface area contributed by atoms with Gasteiger partial charge in [0.25, 0.3) is 0 Å². The lowest BCUT2D eigenvalue weighted by Crippen LogP contribution is -2.15. The van der Waals surface area contributed by atoms with Gasteiger partial charge in [-0.05, 0) is 0 Å². The lowest BCUT2D eigenvalue weighted by molar-refractivity contribution is 0.557. The fourth-order valence-corrected chi connectivity index (χ4v) is 1.43. The Kier molecular flexibility index (Phi) is 2.63. The minimum Gasteiger partial charge on any atom is -0.260 e. The zero-order valence-electron chi connectivity index (χ0n) is 8.87. The van der Waals surface area contributed by atoms with Crippen LogP contribution in [0.3, 0.4) is 0 Å². The molecule has 5 heteroatoms. The first-order valence-corrected chi connectivity index (χ1v) is 6.24. The molecule has 14 heavy (non-hydrogen) atoms. The smallest absolute Gasteiger partial charge is 0.153 e. The quantitative estimate of drug-likeness (QED) is 0.773. The van der Waals surface area contributed by atoms with Gasteiger partial charge < -0.3 is 0 Å². The van der Waals surface area contributed by atoms with Crippen LogP contribution in [0.4, 0.5) is 0 Å². The Labute approximate surface area is 84.8 Å². The predicted octanol–water partition coefficient (Wildman–Crippen LogP) is 1.81. The number of hydrogen-bond donors (Lipinski definition) is 1. The summed E-state index contributed by atoms with van der Waals surface area (Å²) < 4.78 is 18.8. The van der Waals surface area contributed by atoms with Gasteiger partial charge in [0.1, 0.15) is 0 Å². The summed E-state index contributed by atoms with van der Waals surface area (Å²) in [5, 5.41) is 0.255. The van der Waals surface area contributed by atoms with Crippen molar-refractivity contribution >= 4 is 9.73 Å². The van der Waals surface area contributed by atoms with E-state index in [4.69, 9.17) is 4.78 Å². The van der Waals surface area contributed by atoms with Gasteiger partial charge in [0.15, 0.2) is 5.03 Å². The zero-order chi connectivity index (χ0) is 11.0. The monoisotopic (exact) mass is 213 g/mol. The third kappa shape index (κ3) is 2.51. The maximum atomic E-state index is 11.4. The molecule has 1 aromatic heterocycles. The van der Waals surface area contributed by atoms with Crippen LogP contribution in [0.25, 0.3) is 0 Å². The van der Waals surface area contributed by atoms with Crippen molar-refractivity contribution in [3.8, 4) is 0 Å². The summed E-state index contributed by atoms with van der Waals surface area (Å²) in [6.45, 7) is 6.01. The summed E-state index contributed by atoms with van der Waals surface area (Å²) in [5.41, 5.74) is 0.630. The molecule has 1 aromatic rings. The molecule has 0 aliphatic rings. The van der Waals surface area contributed by atoms with Gasteiger partial charge in [-0.1, -0.05) is 20.8 Å². The molecule has 0 bridgehead atoms. The maximum absolute atomic E-state index is 11.4. The van der Waals surface area contributed by atoms with Crippen LogP contribution in [-0.2, 0) is 15.1 Å². The van der Waals surface area contributed by atoms with Crippen molar-refractivity contribution in [3.05, 3.63) is 18.1 Å². The Bertz CT molecular complexity index is 432. The van der Waals surface area contributed by atoms with Crippen molar-refractivity contribution in [2.45, 2.75) is 31.2 Å². The van der Waals surface area contributed by atoms with Gasteiger partial charge in [0.2, 0.25) is 0 Å². The Balaban J connectivity index is 3.29. The highest BCUT2D eigenvalue weighted by molar-refractivity contribution is 7.91. The minimum atomic E-state index is -2.76. The van der Waals surface area contributed by atoms with Crippen molar-refractivity contribution in [3.63, 3.8) is 0 Å². The van der Waals surface area contributed by atoms with Crippen LogP contribution < -0.4 is 0 Å². The Morgan fingerprint density at radius 2 is 1.93 bits per heavy atom. The van der Waals surface area contributed by atoms with Crippen LogP contribution in [0.2, 0.25) is 0 Å². The fraction of sp³-hybridized carbons (Fsp3) is 0.556. The molecule has 1 unspecified atom stereocenters. The molecule has 0 saturated carbocycles. The van der Waals surface area contributed by atoms with Crippen molar-refractivity contribution in [1.29, 1.82) is 4.78 Å². The van der Waals surface area contributed by atoms with Gasteiger partial charge in [-0.2, -0.15) is 0 Å². The van der Waals surface area contributed by atoms with Crippen LogP contribution in [0.1, 0.15) is 26.5 Å². The van der Waals surface area contributed by atoms with Crippen molar-refractivity contribution < 1.29 is 4.21 Å². The SMILES string of the molecule is CC(C)(C)c1cncc(S(C)(=N)=O)n1. The van der Waals surface area contributed by atoms with E-state index in [0.29, 0.717) is 0 Å². The van der Waals surface area contributed by atoms with Crippen LogP contribution in [0.5, 0.6) is 0 Å². The molecule has 1 atom stereocenters. The van der Waals surface area contributed by atoms with E-state index in [2.05, 4.69) is 9.97 Å². The molecule has 4 nitrogen and oxygen atoms in total. The molecule has 0 aliphatic heterocycles. The second-order valence-electron chi connectivity index (χ2n) is 4.34. The largest absolute Gasteiger partial charge is 0.260 e. The Hall–Kier alpha value is -0.970. The summed E-state index contributed by atoms with van der Waals surface area (Å²) in [6, 6.07) is 0. The Morgan fingerprint density at radius 3 is 2.36 bits per heavy atom. The number of nitrogens with zero attached hydrogens (tertiary/aromatic N) is 2. The van der Waals surface area contributed by atoms with Crippen molar-refractivity contribution in [2.24, 2.45) is 0 Å². The van der Waals surface area contributed by atoms with E-state index in [1.54, 1.807) is 6.20 Å². The minimum absolute atomic E-state index is 0.131. The molecule has 0 spiro atoms. The maximum Gasteiger partial charge on any atom is 0.153 e. The molecule has 1 heterocycles. The first-order chi connectivity index (χ1) is 6.21. The van der Waals surface area contributed by atoms with E-state index < -0.39 is 9.73 Å². The zero-order valence-corrected chi connectivity index (χ0v) is 9.68. The fourth-order valence-electron chi connectivity index (χ4n) is 0.897. The van der Waals surface area contributed by atoms with Gasteiger partial charge in [0, 0.05) is 17.9 Å². The average molecular weight is 213 g/mol. The van der Waals surface area contributed by atoms with Crippen molar-refractivity contribution in [2.75, 3.05) is 6.26 Å². The number of hydrogen-bond acceptors (Lipinski definition) is 4. The van der Waals surface area contributed by atoms with E-state index in [1.807, 2.05) is 20.8 Å². The summed E-state index contributed by atoms with van der Waals surface area (Å²) >= 11 is 0. The first-order valence-electron chi connectivity index (χ1n) is 4.27. The summed E-state index contributed by atoms with van der Waals surface area (Å²) in [4.78, 5) is 8.15. The van der Waals surface area contributed by atoms with Gasteiger partial charge >= 0.3 is 0 Å². The van der Waals surface area contributed by atoms with Crippen LogP contribution in [0, 0.1) is 4.78 Å². The topological polar surface area (TPSA) is 66.7 Å². The van der Waals surface area contributed by atoms with Crippen LogP contribution in [-0.4, -0.2) is 20.4 Å². The van der Waals surface area contributed by atoms with Crippen LogP contribution >= 0.6 is 0 Å². The molecule has 1 N–H and O–H groups in total. The lowest BCUT2D eigenvalue weighted by Gasteiger charge is -2.17. The number of aromatic nitrogens is 2. The average Bonchev–Trinajstić information content (AvgIpc) is 2.01. The van der Waals surface area contributed by atoms with Crippen LogP contribution in [0.15, 0.2) is 17.4 Å². The lowest BCUT2D eigenvalue weighted by atomic mass is 9.93. The van der Waals surface area contributed by atoms with Gasteiger partial charge in [0.05, 0.1) is 21.6 Å². The molecular weight excluding hydrogens is 198 g/mol. The molecule has 0 fully saturated rings. The highest BCUT2D eigenvalue weighted by Gasteiger charge is 2.17. The van der Waals surface area contributed by atoms with E-state index in [-0.39, 0.29) is 10.4 Å². The summed E-state index contributed by atoms with van der Waals surface area (Å²) in [6.07, 6.45) is 4.39. The molecular formula is C9H15N3OS. The number of nitrogens with one attached hydrogen (secondary N) is 1. The molecule has 0 saturated heterocycles. The molecule has 0 aromatic carbocycles. The highest BCUT2D eigenvalue weighted by Crippen LogP contribution is 2.19. The summed E-state index contributed by atoms with van der Waals surface area (Å²) in [7, 11) is -2.76. The molecule has 0 aliphatic carbocycles. The van der Waals surface area contributed by atoms with E-state index in [9.17, 15) is 4.21 Å². The summed E-state index contributed by atoms with van der Waals surface area (Å²) in [5.74, 6) is 0. The van der Waals surface area contributed by atoms with Gasteiger partial charge in [-0.25, -0.2) is 14.0 Å². The van der Waals surface area contributed by atoms with Crippen molar-refractivity contribution in [1.82, 2.24) is 9.97 Å². The van der Waals surface area contributed by atoms with Gasteiger partial charge in [-0.3, -0.25) is 4.98 Å². The normalized spacial score (nSPS) is 16.3. The van der Waals surface area contributed by atoms with E-state index in [1.165, 1.54) is 12.5 Å². The third-order valence-corrected chi connectivity index (χ3v) is 2.77. The molecule has 0 amide bonds. The van der Waals surface area contributed by atoms with Gasteiger partial charge in [-0.15, -0.1) is 0 Å². The van der Waals surface area contributed by atoms with E-state index >= 15 is 0 Å². The Morgan fingerprint density at radius 1 is 1.36 bits per heavy atom. The second kappa shape index (κ2) is 3.31. The van der Waals surface area contributed by atoms with E-state index in [0.717, 1.165) is 5.69 Å². The predicted molar refractivity (Wildman–Crippen MR) is 55.8 cm³/mol. The second-order valence-corrected chi connectivity index (χ2v) is 6.44.